The average molecular weight is 421 g/mol. The van der Waals surface area contributed by atoms with E-state index in [1.165, 1.54) is 12.1 Å². The Labute approximate surface area is 177 Å². The number of allylic oxidation sites excluding steroid dienone is 3. The molecule has 0 spiro atoms. The maximum Gasteiger partial charge on any atom is 0.269 e. The molecular formula is C22H17ClN4O3. The number of nitrogens with two attached hydrogens (primary N) is 1. The number of nitro groups is 1. The summed E-state index contributed by atoms with van der Waals surface area (Å²) in [4.78, 5) is 25.3. The van der Waals surface area contributed by atoms with Gasteiger partial charge in [0.25, 0.3) is 5.69 Å². The molecule has 0 amide bonds. The summed E-state index contributed by atoms with van der Waals surface area (Å²) in [5.74, 6) is -0.447. The van der Waals surface area contributed by atoms with Crippen LogP contribution in [0.25, 0.3) is 0 Å². The third-order valence-electron chi connectivity index (χ3n) is 5.44. The second-order valence-electron chi connectivity index (χ2n) is 7.14. The quantitative estimate of drug-likeness (QED) is 0.575. The summed E-state index contributed by atoms with van der Waals surface area (Å²) in [6, 6.07) is 15.1. The first kappa shape index (κ1) is 19.7. The first-order chi connectivity index (χ1) is 14.4. The van der Waals surface area contributed by atoms with E-state index < -0.39 is 10.8 Å². The van der Waals surface area contributed by atoms with E-state index in [1.54, 1.807) is 41.3 Å². The normalized spacial score (nSPS) is 18.9. The van der Waals surface area contributed by atoms with Gasteiger partial charge in [-0.15, -0.1) is 0 Å². The average Bonchev–Trinajstić information content (AvgIpc) is 2.74. The number of halogens is 1. The Morgan fingerprint density at radius 1 is 1.13 bits per heavy atom. The highest BCUT2D eigenvalue weighted by molar-refractivity contribution is 6.30. The smallest absolute Gasteiger partial charge is 0.269 e. The molecule has 0 radical (unpaired) electrons. The zero-order valence-electron chi connectivity index (χ0n) is 15.8. The van der Waals surface area contributed by atoms with Crippen LogP contribution in [0.2, 0.25) is 5.02 Å². The van der Waals surface area contributed by atoms with Crippen LogP contribution in [-0.2, 0) is 4.79 Å². The second kappa shape index (κ2) is 7.65. The fraction of sp³-hybridized carbons (Fsp3) is 0.182. The van der Waals surface area contributed by atoms with Crippen molar-refractivity contribution in [1.82, 2.24) is 0 Å². The van der Waals surface area contributed by atoms with Gasteiger partial charge in [0, 0.05) is 40.5 Å². The molecule has 1 unspecified atom stereocenters. The molecule has 2 aromatic carbocycles. The standard InChI is InChI=1S/C22H17ClN4O3/c23-14-6-10-15(11-7-14)26-18-2-1-3-19(28)21(18)20(17(12-24)22(26)25)13-4-8-16(9-5-13)27(29)30/h4-11,20H,1-3,25H2. The Morgan fingerprint density at radius 3 is 2.40 bits per heavy atom. The minimum absolute atomic E-state index is 0.0428. The predicted molar refractivity (Wildman–Crippen MR) is 112 cm³/mol. The van der Waals surface area contributed by atoms with Gasteiger partial charge in [-0.25, -0.2) is 0 Å². The van der Waals surface area contributed by atoms with Gasteiger partial charge in [0.1, 0.15) is 5.82 Å². The lowest BCUT2D eigenvalue weighted by Gasteiger charge is -2.39. The van der Waals surface area contributed by atoms with Gasteiger partial charge in [-0.05, 0) is 42.7 Å². The SMILES string of the molecule is N#CC1=C(N)N(c2ccc(Cl)cc2)C2=C(C(=O)CCC2)C1c1ccc([N+](=O)[O-])cc1. The van der Waals surface area contributed by atoms with Crippen LogP contribution in [0.1, 0.15) is 30.7 Å². The maximum atomic E-state index is 13.0. The van der Waals surface area contributed by atoms with Crippen LogP contribution in [0, 0.1) is 21.4 Å². The molecule has 8 heteroatoms. The van der Waals surface area contributed by atoms with Crippen molar-refractivity contribution >= 4 is 28.8 Å². The van der Waals surface area contributed by atoms with Gasteiger partial charge in [-0.3, -0.25) is 19.8 Å². The number of carbonyl (C=O) groups is 1. The second-order valence-corrected chi connectivity index (χ2v) is 7.58. The van der Waals surface area contributed by atoms with Crippen molar-refractivity contribution in [3.05, 3.63) is 91.9 Å². The molecule has 2 aliphatic rings. The van der Waals surface area contributed by atoms with Crippen LogP contribution in [0.3, 0.4) is 0 Å². The lowest BCUT2D eigenvalue weighted by atomic mass is 9.75. The molecule has 0 fully saturated rings. The van der Waals surface area contributed by atoms with Gasteiger partial charge in [-0.1, -0.05) is 23.7 Å². The highest BCUT2D eigenvalue weighted by Crippen LogP contribution is 2.46. The van der Waals surface area contributed by atoms with Crippen molar-refractivity contribution in [2.24, 2.45) is 5.73 Å². The number of nitro benzene ring substituents is 1. The summed E-state index contributed by atoms with van der Waals surface area (Å²) in [6.07, 6.45) is 1.70. The number of nitriles is 1. The van der Waals surface area contributed by atoms with Crippen molar-refractivity contribution in [3.63, 3.8) is 0 Å². The number of hydrogen-bond donors (Lipinski definition) is 1. The highest BCUT2D eigenvalue weighted by atomic mass is 35.5. The number of non-ortho nitro benzene ring substituents is 1. The molecule has 1 heterocycles. The van der Waals surface area contributed by atoms with Crippen LogP contribution in [-0.4, -0.2) is 10.7 Å². The summed E-state index contributed by atoms with van der Waals surface area (Å²) in [6.45, 7) is 0. The summed E-state index contributed by atoms with van der Waals surface area (Å²) < 4.78 is 0. The third-order valence-corrected chi connectivity index (χ3v) is 5.69. The van der Waals surface area contributed by atoms with E-state index in [0.717, 1.165) is 5.70 Å². The molecule has 4 rings (SSSR count). The molecule has 150 valence electrons. The monoisotopic (exact) mass is 420 g/mol. The van der Waals surface area contributed by atoms with E-state index >= 15 is 0 Å². The van der Waals surface area contributed by atoms with Gasteiger partial charge in [0.05, 0.1) is 22.5 Å². The molecule has 0 saturated carbocycles. The topological polar surface area (TPSA) is 113 Å². The molecule has 1 aliphatic carbocycles. The Balaban J connectivity index is 1.92. The Hall–Kier alpha value is -3.63. The largest absolute Gasteiger partial charge is 0.384 e. The molecule has 7 nitrogen and oxygen atoms in total. The minimum atomic E-state index is -0.651. The molecule has 0 saturated heterocycles. The molecule has 2 aromatic rings. The van der Waals surface area contributed by atoms with Crippen LogP contribution < -0.4 is 10.6 Å². The van der Waals surface area contributed by atoms with Crippen LogP contribution in [0.15, 0.2) is 71.2 Å². The van der Waals surface area contributed by atoms with Crippen molar-refractivity contribution in [3.8, 4) is 6.07 Å². The van der Waals surface area contributed by atoms with Crippen LogP contribution in [0.5, 0.6) is 0 Å². The number of ketones is 1. The number of rotatable bonds is 3. The minimum Gasteiger partial charge on any atom is -0.384 e. The number of anilines is 1. The van der Waals surface area contributed by atoms with Gasteiger partial charge < -0.3 is 5.73 Å². The van der Waals surface area contributed by atoms with E-state index in [-0.39, 0.29) is 22.9 Å². The van der Waals surface area contributed by atoms with E-state index in [0.29, 0.717) is 41.1 Å². The number of hydrogen-bond acceptors (Lipinski definition) is 6. The van der Waals surface area contributed by atoms with E-state index in [1.807, 2.05) is 0 Å². The van der Waals surface area contributed by atoms with Gasteiger partial charge >= 0.3 is 0 Å². The van der Waals surface area contributed by atoms with Gasteiger partial charge in [-0.2, -0.15) is 5.26 Å². The Kier molecular flexibility index (Phi) is 5.02. The number of nitrogens with zero attached hydrogens (tertiary/aromatic N) is 3. The highest BCUT2D eigenvalue weighted by Gasteiger charge is 2.40. The molecule has 30 heavy (non-hydrogen) atoms. The zero-order valence-corrected chi connectivity index (χ0v) is 16.6. The zero-order chi connectivity index (χ0) is 21.4. The Morgan fingerprint density at radius 2 is 1.80 bits per heavy atom. The third kappa shape index (κ3) is 3.21. The predicted octanol–water partition coefficient (Wildman–Crippen LogP) is 4.55. The first-order valence-electron chi connectivity index (χ1n) is 9.38. The summed E-state index contributed by atoms with van der Waals surface area (Å²) in [5, 5.41) is 21.5. The number of Topliss-reactive ketones (excluding diaryl/α,β-unsaturated/α-hetero) is 1. The van der Waals surface area contributed by atoms with Crippen LogP contribution >= 0.6 is 11.6 Å². The molecule has 1 atom stereocenters. The van der Waals surface area contributed by atoms with Gasteiger partial charge in [0.2, 0.25) is 0 Å². The molecule has 0 aromatic heterocycles. The van der Waals surface area contributed by atoms with E-state index in [2.05, 4.69) is 6.07 Å². The van der Waals surface area contributed by atoms with E-state index in [9.17, 15) is 20.2 Å². The fourth-order valence-corrected chi connectivity index (χ4v) is 4.22. The summed E-state index contributed by atoms with van der Waals surface area (Å²) in [7, 11) is 0. The summed E-state index contributed by atoms with van der Waals surface area (Å²) in [5.41, 5.74) is 9.27. The first-order valence-corrected chi connectivity index (χ1v) is 9.76. The van der Waals surface area contributed by atoms with Crippen LogP contribution in [0.4, 0.5) is 11.4 Å². The summed E-state index contributed by atoms with van der Waals surface area (Å²) >= 11 is 6.01. The fourth-order valence-electron chi connectivity index (χ4n) is 4.09. The van der Waals surface area contributed by atoms with E-state index in [4.69, 9.17) is 17.3 Å². The molecular weight excluding hydrogens is 404 g/mol. The lowest BCUT2D eigenvalue weighted by molar-refractivity contribution is -0.384. The number of carbonyl (C=O) groups excluding carboxylic acids is 1. The lowest BCUT2D eigenvalue weighted by Crippen LogP contribution is -2.38. The number of benzene rings is 2. The molecule has 0 bridgehead atoms. The van der Waals surface area contributed by atoms with Crippen molar-refractivity contribution < 1.29 is 9.72 Å². The van der Waals surface area contributed by atoms with Crippen molar-refractivity contribution in [2.75, 3.05) is 4.90 Å². The molecule has 2 N–H and O–H groups in total. The van der Waals surface area contributed by atoms with Gasteiger partial charge in [0.15, 0.2) is 5.78 Å². The maximum absolute atomic E-state index is 13.0. The van der Waals surface area contributed by atoms with Crippen molar-refractivity contribution in [1.29, 1.82) is 5.26 Å². The molecule has 1 aliphatic heterocycles. The van der Waals surface area contributed by atoms with Crippen molar-refractivity contribution in [2.45, 2.75) is 25.2 Å². The Bertz CT molecular complexity index is 1140.